The van der Waals surface area contributed by atoms with Crippen LogP contribution in [-0.4, -0.2) is 62.5 Å². The molecular weight excluding hydrogens is 500 g/mol. The van der Waals surface area contributed by atoms with Crippen molar-refractivity contribution in [3.05, 3.63) is 66.2 Å². The maximum Gasteiger partial charge on any atom is 0.264 e. The molecule has 1 aliphatic carbocycles. The molecule has 2 aliphatic heterocycles. The smallest absolute Gasteiger partial charge is 0.264 e. The predicted octanol–water partition coefficient (Wildman–Crippen LogP) is 3.80. The number of nitrogens with two attached hydrogens (primary N) is 1. The molecule has 0 aromatic heterocycles. The Bertz CT molecular complexity index is 1310. The summed E-state index contributed by atoms with van der Waals surface area (Å²) in [4.78, 5) is 13.1. The van der Waals surface area contributed by atoms with Crippen LogP contribution in [0.3, 0.4) is 0 Å². The Morgan fingerprint density at radius 3 is 2.55 bits per heavy atom. The monoisotopic (exact) mass is 537 g/mol. The zero-order chi connectivity index (χ0) is 26.8. The number of nitrogens with zero attached hydrogens (tertiary/aromatic N) is 4. The summed E-state index contributed by atoms with van der Waals surface area (Å²) >= 11 is 0. The summed E-state index contributed by atoms with van der Waals surface area (Å²) in [5.74, 6) is 0.646. The van der Waals surface area contributed by atoms with E-state index in [2.05, 4.69) is 6.58 Å². The highest BCUT2D eigenvalue weighted by Gasteiger charge is 2.34. The maximum absolute atomic E-state index is 13.8. The van der Waals surface area contributed by atoms with Crippen molar-refractivity contribution in [1.82, 2.24) is 4.90 Å². The van der Waals surface area contributed by atoms with Gasteiger partial charge in [0, 0.05) is 25.9 Å². The zero-order valence-electron chi connectivity index (χ0n) is 21.8. The second kappa shape index (κ2) is 10.8. The molecule has 10 heteroatoms. The molecule has 9 nitrogen and oxygen atoms in total. The van der Waals surface area contributed by atoms with Gasteiger partial charge in [-0.2, -0.15) is 0 Å². The van der Waals surface area contributed by atoms with E-state index in [1.165, 1.54) is 10.7 Å². The lowest BCUT2D eigenvalue weighted by molar-refractivity contribution is -1.00. The minimum absolute atomic E-state index is 0.0198. The van der Waals surface area contributed by atoms with Crippen molar-refractivity contribution >= 4 is 28.0 Å². The molecule has 0 atom stereocenters. The molecular formula is C28H37N6O3S+. The molecule has 5 rings (SSSR count). The van der Waals surface area contributed by atoms with Gasteiger partial charge in [-0.1, -0.05) is 16.8 Å². The summed E-state index contributed by atoms with van der Waals surface area (Å²) in [5, 5.41) is 7.77. The van der Waals surface area contributed by atoms with Gasteiger partial charge < -0.3 is 15.5 Å². The molecule has 0 unspecified atom stereocenters. The average Bonchev–Trinajstić information content (AvgIpc) is 3.75. The number of hydrogen-bond donors (Lipinski definition) is 2. The van der Waals surface area contributed by atoms with Gasteiger partial charge in [0.15, 0.2) is 11.7 Å². The Balaban J connectivity index is 1.38. The van der Waals surface area contributed by atoms with E-state index in [1.807, 2.05) is 24.5 Å². The summed E-state index contributed by atoms with van der Waals surface area (Å²) < 4.78 is 29.2. The number of hydrogen-bond acceptors (Lipinski definition) is 5. The van der Waals surface area contributed by atoms with Crippen molar-refractivity contribution < 1.29 is 17.9 Å². The van der Waals surface area contributed by atoms with E-state index in [0.717, 1.165) is 56.3 Å². The number of likely N-dealkylation sites (tertiary alicyclic amines) is 1. The van der Waals surface area contributed by atoms with Crippen LogP contribution in [0.25, 0.3) is 0 Å². The first-order valence-electron chi connectivity index (χ1n) is 13.3. The van der Waals surface area contributed by atoms with Gasteiger partial charge in [0.1, 0.15) is 13.1 Å². The molecule has 0 spiro atoms. The third-order valence-electron chi connectivity index (χ3n) is 7.43. The van der Waals surface area contributed by atoms with Gasteiger partial charge in [0.25, 0.3) is 10.0 Å². The summed E-state index contributed by atoms with van der Waals surface area (Å²) in [6.45, 7) is 6.80. The number of piperidine rings is 1. The van der Waals surface area contributed by atoms with Crippen LogP contribution in [0.4, 0.5) is 5.69 Å². The van der Waals surface area contributed by atoms with Gasteiger partial charge in [-0.3, -0.25) is 9.71 Å². The Morgan fingerprint density at radius 1 is 1.16 bits per heavy atom. The standard InChI is InChI=1S/C28H37N6O3S/c1-2-15-33(25-9-6-22-14-16-32(28(29)30)20-23(22)19-25)38(35,36)27-12-10-26(11-13-27)37-34(17-4-3-5-18-34)21-31-24-7-8-24/h2,6,9-13,19,21,24H,1,3-5,7-8,14-18,20H2,(H3,29,30)/q+1. The molecule has 3 N–H and O–H groups in total. The van der Waals surface area contributed by atoms with E-state index in [4.69, 9.17) is 21.0 Å². The number of guanidine groups is 1. The van der Waals surface area contributed by atoms with Crippen LogP contribution >= 0.6 is 0 Å². The molecule has 2 aromatic rings. The topological polar surface area (TPSA) is 112 Å². The highest BCUT2D eigenvalue weighted by atomic mass is 32.2. The molecule has 202 valence electrons. The SMILES string of the molecule is C=CCN(c1ccc2c(c1)CN(C(=N)N)CC2)S(=O)(=O)c1ccc(O[N+]2(C=NC3CC3)CCCCC2)cc1. The Kier molecular flexibility index (Phi) is 7.45. The quantitative estimate of drug-likeness (QED) is 0.219. The van der Waals surface area contributed by atoms with E-state index in [9.17, 15) is 8.42 Å². The fourth-order valence-electron chi connectivity index (χ4n) is 5.09. The molecule has 3 aliphatic rings. The van der Waals surface area contributed by atoms with Gasteiger partial charge in [-0.25, -0.2) is 13.4 Å². The van der Waals surface area contributed by atoms with Crippen LogP contribution in [0, 0.1) is 5.41 Å². The van der Waals surface area contributed by atoms with E-state index < -0.39 is 10.0 Å². The van der Waals surface area contributed by atoms with E-state index in [0.29, 0.717) is 35.2 Å². The van der Waals surface area contributed by atoms with Crippen molar-refractivity contribution in [1.29, 1.82) is 5.41 Å². The van der Waals surface area contributed by atoms with Gasteiger partial charge in [-0.05, 0) is 73.2 Å². The predicted molar refractivity (Wildman–Crippen MR) is 150 cm³/mol. The highest BCUT2D eigenvalue weighted by molar-refractivity contribution is 7.92. The van der Waals surface area contributed by atoms with Gasteiger partial charge in [0.05, 0.1) is 23.2 Å². The molecule has 38 heavy (non-hydrogen) atoms. The number of hydroxylamine groups is 3. The molecule has 1 saturated heterocycles. The largest absolute Gasteiger partial charge is 0.370 e. The highest BCUT2D eigenvalue weighted by Crippen LogP contribution is 2.31. The summed E-state index contributed by atoms with van der Waals surface area (Å²) in [5.41, 5.74) is 8.37. The van der Waals surface area contributed by atoms with Crippen molar-refractivity contribution in [3.8, 4) is 5.75 Å². The Hall–Kier alpha value is -3.37. The number of nitrogens with one attached hydrogen (secondary N) is 1. The summed E-state index contributed by atoms with van der Waals surface area (Å²) in [6.07, 6.45) is 9.92. The lowest BCUT2D eigenvalue weighted by Gasteiger charge is -2.34. The molecule has 1 saturated carbocycles. The second-order valence-electron chi connectivity index (χ2n) is 10.4. The first kappa shape index (κ1) is 26.2. The number of aliphatic imine (C=N–C) groups is 1. The first-order chi connectivity index (χ1) is 18.3. The number of sulfonamides is 1. The van der Waals surface area contributed by atoms with Gasteiger partial charge in [0.2, 0.25) is 6.34 Å². The lowest BCUT2D eigenvalue weighted by Crippen LogP contribution is -2.53. The van der Waals surface area contributed by atoms with Crippen LogP contribution in [0.15, 0.2) is 65.0 Å². The second-order valence-corrected chi connectivity index (χ2v) is 12.2. The zero-order valence-corrected chi connectivity index (χ0v) is 22.6. The van der Waals surface area contributed by atoms with Crippen molar-refractivity contribution in [2.45, 2.75) is 56.0 Å². The van der Waals surface area contributed by atoms with E-state index >= 15 is 0 Å². The Labute approximate surface area is 225 Å². The number of rotatable bonds is 9. The summed E-state index contributed by atoms with van der Waals surface area (Å²) in [6, 6.07) is 12.8. The number of quaternary nitrogens is 1. The van der Waals surface area contributed by atoms with Crippen LogP contribution in [0.2, 0.25) is 0 Å². The van der Waals surface area contributed by atoms with Gasteiger partial charge in [-0.15, -0.1) is 6.58 Å². The number of benzene rings is 2. The molecule has 2 aromatic carbocycles. The van der Waals surface area contributed by atoms with Crippen LogP contribution in [0.5, 0.6) is 5.75 Å². The van der Waals surface area contributed by atoms with Crippen LogP contribution in [-0.2, 0) is 23.0 Å². The third-order valence-corrected chi connectivity index (χ3v) is 9.24. The first-order valence-corrected chi connectivity index (χ1v) is 14.8. The normalized spacial score (nSPS) is 19.1. The third kappa shape index (κ3) is 5.71. The summed E-state index contributed by atoms with van der Waals surface area (Å²) in [7, 11) is -3.86. The van der Waals surface area contributed by atoms with Crippen molar-refractivity contribution in [2.24, 2.45) is 10.7 Å². The lowest BCUT2D eigenvalue weighted by atomic mass is 9.99. The molecule has 2 heterocycles. The van der Waals surface area contributed by atoms with E-state index in [1.54, 1.807) is 35.2 Å². The van der Waals surface area contributed by atoms with E-state index in [-0.39, 0.29) is 17.4 Å². The van der Waals surface area contributed by atoms with Crippen molar-refractivity contribution in [3.63, 3.8) is 0 Å². The van der Waals surface area contributed by atoms with Gasteiger partial charge >= 0.3 is 0 Å². The molecule has 0 amide bonds. The average molecular weight is 538 g/mol. The maximum atomic E-state index is 13.8. The fraction of sp³-hybridized carbons (Fsp3) is 0.429. The molecule has 2 fully saturated rings. The van der Waals surface area contributed by atoms with Crippen molar-refractivity contribution in [2.75, 3.05) is 30.5 Å². The Morgan fingerprint density at radius 2 is 1.89 bits per heavy atom. The minimum atomic E-state index is -3.86. The molecule has 0 bridgehead atoms. The number of fused-ring (bicyclic) bond motifs is 1. The van der Waals surface area contributed by atoms with Crippen LogP contribution in [0.1, 0.15) is 43.2 Å². The molecule has 0 radical (unpaired) electrons. The minimum Gasteiger partial charge on any atom is -0.370 e. The fourth-order valence-corrected chi connectivity index (χ4v) is 6.52. The van der Waals surface area contributed by atoms with Crippen LogP contribution < -0.4 is 14.9 Å². The number of anilines is 1.